The average molecular weight is 216 g/mol. The normalized spacial score (nSPS) is 22.2. The Labute approximate surface area is 91.2 Å². The third-order valence-electron chi connectivity index (χ3n) is 2.36. The molecule has 0 bridgehead atoms. The Hall–Kier alpha value is -2.30. The van der Waals surface area contributed by atoms with Crippen LogP contribution in [0.3, 0.4) is 0 Å². The number of carbonyl (C=O) groups excluding carboxylic acids is 1. The number of carbonyl (C=O) groups is 2. The van der Waals surface area contributed by atoms with Crippen LogP contribution in [0.5, 0.6) is 0 Å². The number of aliphatic carboxylic acids is 1. The SMILES string of the molecule is O=C(O)C(=O)C1(c2ccncc2)C=CC=N1. The zero-order chi connectivity index (χ0) is 11.6. The third-order valence-corrected chi connectivity index (χ3v) is 2.36. The predicted octanol–water partition coefficient (Wildman–Crippen LogP) is 0.571. The fraction of sp³-hybridized carbons (Fsp3) is 0.0909. The Balaban J connectivity index is 2.54. The largest absolute Gasteiger partial charge is 0.475 e. The van der Waals surface area contributed by atoms with Gasteiger partial charge in [0.1, 0.15) is 0 Å². The van der Waals surface area contributed by atoms with E-state index in [1.807, 2.05) is 0 Å². The van der Waals surface area contributed by atoms with E-state index in [0.717, 1.165) is 0 Å². The van der Waals surface area contributed by atoms with Gasteiger partial charge in [0.15, 0.2) is 5.54 Å². The Morgan fingerprint density at radius 2 is 1.94 bits per heavy atom. The number of pyridine rings is 1. The number of hydrogen-bond donors (Lipinski definition) is 1. The van der Waals surface area contributed by atoms with E-state index in [2.05, 4.69) is 9.98 Å². The molecule has 1 aliphatic heterocycles. The number of allylic oxidation sites excluding steroid dienone is 1. The van der Waals surface area contributed by atoms with E-state index in [1.54, 1.807) is 18.2 Å². The molecule has 0 saturated carbocycles. The number of ketones is 1. The van der Waals surface area contributed by atoms with Gasteiger partial charge in [0.25, 0.3) is 5.78 Å². The Morgan fingerprint density at radius 3 is 2.44 bits per heavy atom. The van der Waals surface area contributed by atoms with E-state index in [4.69, 9.17) is 5.11 Å². The molecule has 1 aromatic rings. The molecule has 80 valence electrons. The van der Waals surface area contributed by atoms with Crippen LogP contribution < -0.4 is 0 Å². The quantitative estimate of drug-likeness (QED) is 0.749. The first kappa shape index (κ1) is 10.2. The predicted molar refractivity (Wildman–Crippen MR) is 56.2 cm³/mol. The summed E-state index contributed by atoms with van der Waals surface area (Å²) in [6.07, 6.45) is 7.43. The molecule has 16 heavy (non-hydrogen) atoms. The highest BCUT2D eigenvalue weighted by molar-refractivity contribution is 6.37. The maximum absolute atomic E-state index is 11.7. The molecule has 2 rings (SSSR count). The third kappa shape index (κ3) is 1.42. The minimum atomic E-state index is -1.50. The molecule has 1 unspecified atom stereocenters. The number of rotatable bonds is 3. The van der Waals surface area contributed by atoms with E-state index >= 15 is 0 Å². The zero-order valence-electron chi connectivity index (χ0n) is 8.20. The van der Waals surface area contributed by atoms with E-state index in [-0.39, 0.29) is 0 Å². The number of aromatic nitrogens is 1. The van der Waals surface area contributed by atoms with Crippen LogP contribution in [-0.4, -0.2) is 28.1 Å². The van der Waals surface area contributed by atoms with Gasteiger partial charge >= 0.3 is 5.97 Å². The van der Waals surface area contributed by atoms with Crippen LogP contribution in [0.2, 0.25) is 0 Å². The van der Waals surface area contributed by atoms with Crippen LogP contribution in [0, 0.1) is 0 Å². The van der Waals surface area contributed by atoms with Gasteiger partial charge in [-0.3, -0.25) is 14.8 Å². The van der Waals surface area contributed by atoms with E-state index < -0.39 is 17.3 Å². The Kier molecular flexibility index (Phi) is 2.36. The minimum absolute atomic E-state index is 0.500. The monoisotopic (exact) mass is 216 g/mol. The van der Waals surface area contributed by atoms with E-state index in [0.29, 0.717) is 5.56 Å². The van der Waals surface area contributed by atoms with E-state index in [9.17, 15) is 9.59 Å². The van der Waals surface area contributed by atoms with Crippen molar-refractivity contribution in [2.45, 2.75) is 5.54 Å². The maximum atomic E-state index is 11.7. The van der Waals surface area contributed by atoms with Gasteiger partial charge in [0.05, 0.1) is 0 Å². The number of carboxylic acid groups (broad SMARTS) is 1. The Morgan fingerprint density at radius 1 is 1.25 bits per heavy atom. The number of carboxylic acids is 1. The van der Waals surface area contributed by atoms with Crippen molar-refractivity contribution < 1.29 is 14.7 Å². The maximum Gasteiger partial charge on any atom is 0.375 e. The smallest absolute Gasteiger partial charge is 0.375 e. The van der Waals surface area contributed by atoms with Crippen molar-refractivity contribution in [3.05, 3.63) is 42.2 Å². The first-order chi connectivity index (χ1) is 7.67. The summed E-state index contributed by atoms with van der Waals surface area (Å²) < 4.78 is 0. The lowest BCUT2D eigenvalue weighted by molar-refractivity contribution is -0.151. The summed E-state index contributed by atoms with van der Waals surface area (Å²) in [6.45, 7) is 0. The molecule has 2 heterocycles. The lowest BCUT2D eigenvalue weighted by Gasteiger charge is -2.20. The van der Waals surface area contributed by atoms with Gasteiger partial charge in [0, 0.05) is 18.6 Å². The van der Waals surface area contributed by atoms with Gasteiger partial charge in [-0.25, -0.2) is 4.79 Å². The van der Waals surface area contributed by atoms with Crippen LogP contribution in [0.25, 0.3) is 0 Å². The minimum Gasteiger partial charge on any atom is -0.475 e. The van der Waals surface area contributed by atoms with Crippen LogP contribution in [0.15, 0.2) is 41.7 Å². The second kappa shape index (κ2) is 3.69. The van der Waals surface area contributed by atoms with Gasteiger partial charge in [0.2, 0.25) is 0 Å². The fourth-order valence-electron chi connectivity index (χ4n) is 1.59. The zero-order valence-corrected chi connectivity index (χ0v) is 8.20. The summed E-state index contributed by atoms with van der Waals surface area (Å²) in [7, 11) is 0. The van der Waals surface area contributed by atoms with Crippen molar-refractivity contribution in [1.82, 2.24) is 4.98 Å². The van der Waals surface area contributed by atoms with Crippen LogP contribution >= 0.6 is 0 Å². The molecule has 0 aromatic carbocycles. The molecule has 1 N–H and O–H groups in total. The average Bonchev–Trinajstić information content (AvgIpc) is 2.79. The van der Waals surface area contributed by atoms with Crippen molar-refractivity contribution in [3.63, 3.8) is 0 Å². The van der Waals surface area contributed by atoms with Gasteiger partial charge in [-0.15, -0.1) is 0 Å². The summed E-state index contributed by atoms with van der Waals surface area (Å²) >= 11 is 0. The lowest BCUT2D eigenvalue weighted by Crippen LogP contribution is -2.36. The van der Waals surface area contributed by atoms with Crippen molar-refractivity contribution >= 4 is 18.0 Å². The number of aliphatic imine (C=N–C) groups is 1. The first-order valence-electron chi connectivity index (χ1n) is 4.58. The lowest BCUT2D eigenvalue weighted by atomic mass is 9.87. The summed E-state index contributed by atoms with van der Waals surface area (Å²) in [5.74, 6) is -2.47. The van der Waals surface area contributed by atoms with Gasteiger partial charge in [-0.2, -0.15) is 0 Å². The molecule has 0 amide bonds. The summed E-state index contributed by atoms with van der Waals surface area (Å²) in [5, 5.41) is 8.80. The van der Waals surface area contributed by atoms with Crippen molar-refractivity contribution in [3.8, 4) is 0 Å². The van der Waals surface area contributed by atoms with E-state index in [1.165, 1.54) is 24.7 Å². The number of hydrogen-bond acceptors (Lipinski definition) is 4. The molecule has 1 aromatic heterocycles. The molecule has 0 saturated heterocycles. The molecule has 1 aliphatic rings. The van der Waals surface area contributed by atoms with Crippen LogP contribution in [0.1, 0.15) is 5.56 Å². The summed E-state index contributed by atoms with van der Waals surface area (Å²) in [4.78, 5) is 30.3. The molecule has 1 atom stereocenters. The molecule has 0 aliphatic carbocycles. The molecule has 5 heteroatoms. The second-order valence-electron chi connectivity index (χ2n) is 3.27. The molecule has 5 nitrogen and oxygen atoms in total. The standard InChI is InChI=1S/C11H8N2O3/c14-9(10(15)16)11(4-1-5-13-11)8-2-6-12-7-3-8/h1-7H,(H,15,16). The van der Waals surface area contributed by atoms with Gasteiger partial charge in [-0.1, -0.05) is 0 Å². The highest BCUT2D eigenvalue weighted by Crippen LogP contribution is 2.30. The summed E-state index contributed by atoms with van der Waals surface area (Å²) in [5.41, 5.74) is -0.922. The van der Waals surface area contributed by atoms with Crippen molar-refractivity contribution in [1.29, 1.82) is 0 Å². The second-order valence-corrected chi connectivity index (χ2v) is 3.27. The first-order valence-corrected chi connectivity index (χ1v) is 4.58. The van der Waals surface area contributed by atoms with Crippen molar-refractivity contribution in [2.24, 2.45) is 4.99 Å². The Bertz CT molecular complexity index is 479. The van der Waals surface area contributed by atoms with Crippen LogP contribution in [-0.2, 0) is 15.1 Å². The topological polar surface area (TPSA) is 79.6 Å². The summed E-state index contributed by atoms with van der Waals surface area (Å²) in [6, 6.07) is 3.15. The molecule has 0 spiro atoms. The highest BCUT2D eigenvalue weighted by Gasteiger charge is 2.42. The van der Waals surface area contributed by atoms with Crippen molar-refractivity contribution in [2.75, 3.05) is 0 Å². The van der Waals surface area contributed by atoms with Gasteiger partial charge in [-0.05, 0) is 29.8 Å². The van der Waals surface area contributed by atoms with Gasteiger partial charge < -0.3 is 5.11 Å². The fourth-order valence-corrected chi connectivity index (χ4v) is 1.59. The highest BCUT2D eigenvalue weighted by atomic mass is 16.4. The number of nitrogens with zero attached hydrogens (tertiary/aromatic N) is 2. The molecular formula is C11H8N2O3. The molecule has 0 radical (unpaired) electrons. The van der Waals surface area contributed by atoms with Crippen LogP contribution in [0.4, 0.5) is 0 Å². The molecular weight excluding hydrogens is 208 g/mol. The number of Topliss-reactive ketones (excluding diaryl/α,β-unsaturated/α-hetero) is 1. The molecule has 0 fully saturated rings.